The number of hydrogen-bond acceptors (Lipinski definition) is 4. The summed E-state index contributed by atoms with van der Waals surface area (Å²) in [5.41, 5.74) is 2.77. The van der Waals surface area contributed by atoms with Crippen LogP contribution in [0.5, 0.6) is 0 Å². The van der Waals surface area contributed by atoms with Gasteiger partial charge in [0, 0.05) is 11.2 Å². The van der Waals surface area contributed by atoms with Crippen LogP contribution in [-0.2, 0) is 6.54 Å². The fourth-order valence-electron chi connectivity index (χ4n) is 2.77. The maximum Gasteiger partial charge on any atom is 0.255 e. The lowest BCUT2D eigenvalue weighted by atomic mass is 10.2. The summed E-state index contributed by atoms with van der Waals surface area (Å²) in [6.07, 6.45) is 3.41. The molecule has 8 heteroatoms. The number of halogens is 1. The van der Waals surface area contributed by atoms with E-state index in [1.165, 1.54) is 0 Å². The van der Waals surface area contributed by atoms with Crippen LogP contribution < -0.4 is 5.32 Å². The molecule has 0 unspecified atom stereocenters. The molecule has 0 radical (unpaired) electrons. The fraction of sp³-hybridized carbons (Fsp3) is 0.111. The molecule has 1 aromatic carbocycles. The van der Waals surface area contributed by atoms with E-state index in [0.717, 1.165) is 17.0 Å². The minimum Gasteiger partial charge on any atom is -0.345 e. The van der Waals surface area contributed by atoms with Gasteiger partial charge in [-0.05, 0) is 37.3 Å². The van der Waals surface area contributed by atoms with Crippen LogP contribution in [0, 0.1) is 6.92 Å². The van der Waals surface area contributed by atoms with Crippen molar-refractivity contribution in [2.45, 2.75) is 13.5 Å². The molecule has 0 aliphatic carbocycles. The first kappa shape index (κ1) is 16.3. The lowest BCUT2D eigenvalue weighted by Crippen LogP contribution is -2.24. The Kier molecular flexibility index (Phi) is 4.14. The number of benzene rings is 1. The summed E-state index contributed by atoms with van der Waals surface area (Å²) in [6.45, 7) is 2.11. The van der Waals surface area contributed by atoms with E-state index in [2.05, 4.69) is 20.6 Å². The largest absolute Gasteiger partial charge is 0.345 e. The van der Waals surface area contributed by atoms with E-state index in [9.17, 15) is 4.79 Å². The van der Waals surface area contributed by atoms with Gasteiger partial charge in [0.15, 0.2) is 11.5 Å². The minimum absolute atomic E-state index is 0.219. The van der Waals surface area contributed by atoms with Crippen molar-refractivity contribution in [1.29, 1.82) is 0 Å². The van der Waals surface area contributed by atoms with Gasteiger partial charge in [-0.1, -0.05) is 23.7 Å². The summed E-state index contributed by atoms with van der Waals surface area (Å²) >= 11 is 6.04. The molecular weight excluding hydrogens is 352 g/mol. The van der Waals surface area contributed by atoms with Gasteiger partial charge in [-0.2, -0.15) is 5.10 Å². The van der Waals surface area contributed by atoms with E-state index in [4.69, 9.17) is 11.6 Å². The van der Waals surface area contributed by atoms with Crippen LogP contribution in [0.2, 0.25) is 5.02 Å². The highest BCUT2D eigenvalue weighted by molar-refractivity contribution is 6.30. The second-order valence-corrected chi connectivity index (χ2v) is 6.20. The second kappa shape index (κ2) is 6.61. The Morgan fingerprint density at radius 3 is 2.92 bits per heavy atom. The Morgan fingerprint density at radius 2 is 2.08 bits per heavy atom. The third-order valence-corrected chi connectivity index (χ3v) is 4.33. The molecule has 130 valence electrons. The Balaban J connectivity index is 1.54. The van der Waals surface area contributed by atoms with Gasteiger partial charge >= 0.3 is 0 Å². The minimum atomic E-state index is -0.219. The number of nitrogens with zero attached hydrogens (tertiary/aromatic N) is 5. The Morgan fingerprint density at radius 1 is 1.19 bits per heavy atom. The van der Waals surface area contributed by atoms with Crippen molar-refractivity contribution in [2.24, 2.45) is 0 Å². The van der Waals surface area contributed by atoms with Crippen LogP contribution >= 0.6 is 11.6 Å². The van der Waals surface area contributed by atoms with Gasteiger partial charge in [-0.25, -0.2) is 4.68 Å². The molecular formula is C18H15ClN6O. The van der Waals surface area contributed by atoms with Crippen LogP contribution in [0.1, 0.15) is 21.9 Å². The van der Waals surface area contributed by atoms with Gasteiger partial charge < -0.3 is 5.32 Å². The van der Waals surface area contributed by atoms with Crippen molar-refractivity contribution < 1.29 is 4.79 Å². The zero-order valence-corrected chi connectivity index (χ0v) is 14.7. The first-order valence-electron chi connectivity index (χ1n) is 8.01. The predicted octanol–water partition coefficient (Wildman–Crippen LogP) is 2.81. The van der Waals surface area contributed by atoms with Crippen LogP contribution in [0.4, 0.5) is 0 Å². The molecule has 0 aliphatic rings. The summed E-state index contributed by atoms with van der Waals surface area (Å²) in [4.78, 5) is 12.6. The number of amides is 1. The monoisotopic (exact) mass is 366 g/mol. The van der Waals surface area contributed by atoms with Crippen LogP contribution in [0.3, 0.4) is 0 Å². The molecule has 7 nitrogen and oxygen atoms in total. The zero-order valence-electron chi connectivity index (χ0n) is 13.9. The van der Waals surface area contributed by atoms with Gasteiger partial charge in [-0.15, -0.1) is 10.2 Å². The van der Waals surface area contributed by atoms with Crippen molar-refractivity contribution in [3.05, 3.63) is 77.0 Å². The second-order valence-electron chi connectivity index (χ2n) is 5.76. The Labute approximate surface area is 154 Å². The summed E-state index contributed by atoms with van der Waals surface area (Å²) in [5, 5.41) is 16.0. The molecule has 1 amide bonds. The first-order valence-corrected chi connectivity index (χ1v) is 8.38. The Hall–Kier alpha value is -3.19. The van der Waals surface area contributed by atoms with E-state index < -0.39 is 0 Å². The molecule has 4 aromatic rings. The number of carbonyl (C=O) groups excluding carboxylic acids is 1. The predicted molar refractivity (Wildman–Crippen MR) is 97.5 cm³/mol. The van der Waals surface area contributed by atoms with Gasteiger partial charge in [0.25, 0.3) is 5.91 Å². The molecule has 26 heavy (non-hydrogen) atoms. The topological polar surface area (TPSA) is 77.1 Å². The third kappa shape index (κ3) is 2.93. The smallest absolute Gasteiger partial charge is 0.255 e. The van der Waals surface area contributed by atoms with E-state index in [1.807, 2.05) is 47.9 Å². The number of hydrogen-bond donors (Lipinski definition) is 1. The van der Waals surface area contributed by atoms with Gasteiger partial charge in [0.05, 0.1) is 29.7 Å². The van der Waals surface area contributed by atoms with Crippen LogP contribution in [0.15, 0.2) is 54.9 Å². The normalized spacial score (nSPS) is 11.0. The van der Waals surface area contributed by atoms with E-state index in [0.29, 0.717) is 16.4 Å². The van der Waals surface area contributed by atoms with E-state index in [-0.39, 0.29) is 12.5 Å². The van der Waals surface area contributed by atoms with Crippen molar-refractivity contribution >= 4 is 23.2 Å². The van der Waals surface area contributed by atoms with Gasteiger partial charge in [-0.3, -0.25) is 9.20 Å². The number of carbonyl (C=O) groups is 1. The summed E-state index contributed by atoms with van der Waals surface area (Å²) < 4.78 is 3.52. The summed E-state index contributed by atoms with van der Waals surface area (Å²) in [7, 11) is 0. The summed E-state index contributed by atoms with van der Waals surface area (Å²) in [6, 6.07) is 13.0. The number of pyridine rings is 1. The summed E-state index contributed by atoms with van der Waals surface area (Å²) in [5.74, 6) is 0.442. The fourth-order valence-corrected chi connectivity index (χ4v) is 2.95. The number of nitrogens with one attached hydrogen (secondary N) is 1. The molecule has 0 atom stereocenters. The van der Waals surface area contributed by atoms with Crippen molar-refractivity contribution in [1.82, 2.24) is 29.7 Å². The van der Waals surface area contributed by atoms with Crippen molar-refractivity contribution in [3.63, 3.8) is 0 Å². The average Bonchev–Trinajstić information content (AvgIpc) is 3.23. The molecule has 0 bridgehead atoms. The molecule has 0 saturated carbocycles. The number of fused-ring (bicyclic) bond motifs is 1. The molecule has 0 spiro atoms. The standard InChI is InChI=1S/C18H15ClN6O/c1-12-15(10-21-25(12)14-6-4-5-13(19)9-14)18(26)20-11-17-23-22-16-7-2-3-8-24(16)17/h2-10H,11H2,1H3,(H,20,26). The molecule has 3 aromatic heterocycles. The molecule has 1 N–H and O–H groups in total. The highest BCUT2D eigenvalue weighted by atomic mass is 35.5. The molecule has 4 rings (SSSR count). The lowest BCUT2D eigenvalue weighted by molar-refractivity contribution is 0.0949. The first-order chi connectivity index (χ1) is 12.6. The third-order valence-electron chi connectivity index (χ3n) is 4.10. The van der Waals surface area contributed by atoms with Crippen LogP contribution in [-0.4, -0.2) is 30.3 Å². The van der Waals surface area contributed by atoms with Gasteiger partial charge in [0.2, 0.25) is 0 Å². The lowest BCUT2D eigenvalue weighted by Gasteiger charge is -2.06. The maximum atomic E-state index is 12.6. The average molecular weight is 367 g/mol. The SMILES string of the molecule is Cc1c(C(=O)NCc2nnc3ccccn23)cnn1-c1cccc(Cl)c1. The zero-order chi connectivity index (χ0) is 18.1. The van der Waals surface area contributed by atoms with Crippen LogP contribution in [0.25, 0.3) is 11.3 Å². The quantitative estimate of drug-likeness (QED) is 0.602. The molecule has 3 heterocycles. The van der Waals surface area contributed by atoms with E-state index in [1.54, 1.807) is 23.0 Å². The highest BCUT2D eigenvalue weighted by Crippen LogP contribution is 2.18. The number of rotatable bonds is 4. The maximum absolute atomic E-state index is 12.6. The van der Waals surface area contributed by atoms with E-state index >= 15 is 0 Å². The number of aromatic nitrogens is 5. The van der Waals surface area contributed by atoms with Crippen molar-refractivity contribution in [2.75, 3.05) is 0 Å². The highest BCUT2D eigenvalue weighted by Gasteiger charge is 2.16. The Bertz CT molecular complexity index is 1100. The molecule has 0 saturated heterocycles. The van der Waals surface area contributed by atoms with Crippen molar-refractivity contribution in [3.8, 4) is 5.69 Å². The van der Waals surface area contributed by atoms with Gasteiger partial charge in [0.1, 0.15) is 0 Å². The molecule has 0 aliphatic heterocycles. The molecule has 0 fully saturated rings.